The molecule has 2 rings (SSSR count). The van der Waals surface area contributed by atoms with Gasteiger partial charge in [0.15, 0.2) is 11.5 Å². The molecule has 1 aliphatic rings. The molecule has 0 unspecified atom stereocenters. The van der Waals surface area contributed by atoms with Crippen LogP contribution in [0.4, 0.5) is 0 Å². The normalized spacial score (nSPS) is 19.0. The monoisotopic (exact) mass is 329 g/mol. The van der Waals surface area contributed by atoms with Crippen LogP contribution in [0.5, 0.6) is 0 Å². The molecule has 0 radical (unpaired) electrons. The summed E-state index contributed by atoms with van der Waals surface area (Å²) in [7, 11) is 0. The molecule has 1 aliphatic heterocycles. The Morgan fingerprint density at radius 2 is 1.92 bits per heavy atom. The average molecular weight is 329 g/mol. The van der Waals surface area contributed by atoms with Gasteiger partial charge in [-0.3, -0.25) is 9.59 Å². The van der Waals surface area contributed by atoms with Crippen LogP contribution in [-0.2, 0) is 9.59 Å². The van der Waals surface area contributed by atoms with Gasteiger partial charge in [-0.05, 0) is 24.8 Å². The van der Waals surface area contributed by atoms with Gasteiger partial charge in [0.1, 0.15) is 0 Å². The number of aliphatic hydroxyl groups is 1. The third-order valence-electron chi connectivity index (χ3n) is 4.80. The van der Waals surface area contributed by atoms with Crippen LogP contribution >= 0.6 is 0 Å². The number of rotatable bonds is 8. The number of aliphatic hydroxyl groups excluding tert-OH is 1. The summed E-state index contributed by atoms with van der Waals surface area (Å²) in [5.41, 5.74) is 1.09. The summed E-state index contributed by atoms with van der Waals surface area (Å²) in [6, 6.07) is 9.00. The molecular weight excluding hydrogens is 302 g/mol. The minimum Gasteiger partial charge on any atom is -0.503 e. The van der Waals surface area contributed by atoms with E-state index in [1.54, 1.807) is 4.90 Å². The zero-order valence-electron chi connectivity index (χ0n) is 14.8. The maximum Gasteiger partial charge on any atom is 0.290 e. The van der Waals surface area contributed by atoms with Crippen molar-refractivity contribution >= 4 is 11.7 Å². The first-order valence-corrected chi connectivity index (χ1v) is 8.81. The van der Waals surface area contributed by atoms with E-state index < -0.39 is 11.9 Å². The maximum absolute atomic E-state index is 12.6. The van der Waals surface area contributed by atoms with Gasteiger partial charge in [-0.25, -0.2) is 0 Å². The molecule has 4 heteroatoms. The van der Waals surface area contributed by atoms with Crippen LogP contribution < -0.4 is 0 Å². The van der Waals surface area contributed by atoms with E-state index in [0.717, 1.165) is 31.2 Å². The van der Waals surface area contributed by atoms with Crippen LogP contribution in [0.3, 0.4) is 0 Å². The second-order valence-electron chi connectivity index (χ2n) is 6.51. The second kappa shape index (κ2) is 8.13. The van der Waals surface area contributed by atoms with Crippen molar-refractivity contribution in [1.82, 2.24) is 4.90 Å². The minimum atomic E-state index is -0.480. The highest BCUT2D eigenvalue weighted by atomic mass is 16.3. The Labute approximate surface area is 144 Å². The molecular formula is C20H27NO3. The first-order valence-electron chi connectivity index (χ1n) is 8.81. The van der Waals surface area contributed by atoms with Gasteiger partial charge in [0.2, 0.25) is 0 Å². The SMILES string of the molecule is CCCC[C@@H](CC)CN1C(=O)C(O)=C(C(C)=O)[C@H]1c1ccccc1. The summed E-state index contributed by atoms with van der Waals surface area (Å²) >= 11 is 0. The van der Waals surface area contributed by atoms with Crippen LogP contribution in [0.25, 0.3) is 0 Å². The lowest BCUT2D eigenvalue weighted by atomic mass is 9.94. The van der Waals surface area contributed by atoms with E-state index in [1.165, 1.54) is 6.92 Å². The number of Topliss-reactive ketones (excluding diaryl/α,β-unsaturated/α-hetero) is 1. The first-order chi connectivity index (χ1) is 11.5. The highest BCUT2D eigenvalue weighted by Crippen LogP contribution is 2.38. The van der Waals surface area contributed by atoms with E-state index in [4.69, 9.17) is 0 Å². The Morgan fingerprint density at radius 3 is 2.46 bits per heavy atom. The fourth-order valence-electron chi connectivity index (χ4n) is 3.38. The fourth-order valence-corrected chi connectivity index (χ4v) is 3.38. The Morgan fingerprint density at radius 1 is 1.25 bits per heavy atom. The van der Waals surface area contributed by atoms with Crippen molar-refractivity contribution < 1.29 is 14.7 Å². The van der Waals surface area contributed by atoms with Crippen LogP contribution in [-0.4, -0.2) is 28.2 Å². The predicted octanol–water partition coefficient (Wildman–Crippen LogP) is 4.19. The van der Waals surface area contributed by atoms with Crippen LogP contribution in [0.1, 0.15) is 58.1 Å². The number of carbonyl (C=O) groups is 2. The molecule has 0 saturated heterocycles. The lowest BCUT2D eigenvalue weighted by Gasteiger charge is -2.30. The Bertz CT molecular complexity index is 621. The van der Waals surface area contributed by atoms with Gasteiger partial charge in [-0.2, -0.15) is 0 Å². The highest BCUT2D eigenvalue weighted by molar-refractivity contribution is 6.08. The number of hydrogen-bond acceptors (Lipinski definition) is 3. The van der Waals surface area contributed by atoms with E-state index in [0.29, 0.717) is 12.5 Å². The number of carbonyl (C=O) groups excluding carboxylic acids is 2. The van der Waals surface area contributed by atoms with Crippen LogP contribution in [0.2, 0.25) is 0 Å². The molecule has 4 nitrogen and oxygen atoms in total. The summed E-state index contributed by atoms with van der Waals surface area (Å²) in [6.45, 7) is 6.25. The summed E-state index contributed by atoms with van der Waals surface area (Å²) in [5.74, 6) is -0.691. The van der Waals surface area contributed by atoms with E-state index in [1.807, 2.05) is 30.3 Å². The van der Waals surface area contributed by atoms with Gasteiger partial charge in [0.05, 0.1) is 11.6 Å². The van der Waals surface area contributed by atoms with Crippen molar-refractivity contribution in [2.75, 3.05) is 6.54 Å². The molecule has 0 spiro atoms. The molecule has 1 aromatic carbocycles. The quantitative estimate of drug-likeness (QED) is 0.778. The number of ketones is 1. The lowest BCUT2D eigenvalue weighted by Crippen LogP contribution is -2.35. The van der Waals surface area contributed by atoms with Crippen molar-refractivity contribution in [3.63, 3.8) is 0 Å². The zero-order valence-corrected chi connectivity index (χ0v) is 14.8. The van der Waals surface area contributed by atoms with Gasteiger partial charge in [0.25, 0.3) is 5.91 Å². The number of benzene rings is 1. The summed E-state index contributed by atoms with van der Waals surface area (Å²) in [4.78, 5) is 26.3. The third-order valence-corrected chi connectivity index (χ3v) is 4.80. The predicted molar refractivity (Wildman–Crippen MR) is 94.5 cm³/mol. The number of hydrogen-bond donors (Lipinski definition) is 1. The van der Waals surface area contributed by atoms with Crippen molar-refractivity contribution in [3.05, 3.63) is 47.2 Å². The van der Waals surface area contributed by atoms with Gasteiger partial charge in [-0.15, -0.1) is 0 Å². The standard InChI is InChI=1S/C20H27NO3/c1-4-6-10-15(5-2)13-21-18(16-11-8-7-9-12-16)17(14(3)22)19(23)20(21)24/h7-9,11-12,15,18,23H,4-6,10,13H2,1-3H3/t15-,18-/m1/s1. The van der Waals surface area contributed by atoms with E-state index >= 15 is 0 Å². The zero-order chi connectivity index (χ0) is 17.7. The summed E-state index contributed by atoms with van der Waals surface area (Å²) in [6.07, 6.45) is 4.26. The van der Waals surface area contributed by atoms with E-state index in [2.05, 4.69) is 13.8 Å². The number of unbranched alkanes of at least 4 members (excludes halogenated alkanes) is 1. The minimum absolute atomic E-state index is 0.219. The molecule has 1 aromatic rings. The van der Waals surface area contributed by atoms with Crippen LogP contribution in [0, 0.1) is 5.92 Å². The first kappa shape index (κ1) is 18.2. The molecule has 1 N–H and O–H groups in total. The highest BCUT2D eigenvalue weighted by Gasteiger charge is 2.42. The smallest absolute Gasteiger partial charge is 0.290 e. The largest absolute Gasteiger partial charge is 0.503 e. The van der Waals surface area contributed by atoms with Crippen molar-refractivity contribution in [2.24, 2.45) is 5.92 Å². The molecule has 130 valence electrons. The summed E-state index contributed by atoms with van der Waals surface area (Å²) in [5, 5.41) is 10.3. The molecule has 0 aliphatic carbocycles. The summed E-state index contributed by atoms with van der Waals surface area (Å²) < 4.78 is 0. The molecule has 0 aromatic heterocycles. The van der Waals surface area contributed by atoms with Gasteiger partial charge >= 0.3 is 0 Å². The van der Waals surface area contributed by atoms with Crippen molar-refractivity contribution in [1.29, 1.82) is 0 Å². The van der Waals surface area contributed by atoms with Gasteiger partial charge < -0.3 is 10.0 Å². The Kier molecular flexibility index (Phi) is 6.18. The van der Waals surface area contributed by atoms with E-state index in [9.17, 15) is 14.7 Å². The molecule has 0 saturated carbocycles. The third kappa shape index (κ3) is 3.69. The van der Waals surface area contributed by atoms with Gasteiger partial charge in [-0.1, -0.05) is 63.4 Å². The maximum atomic E-state index is 12.6. The fraction of sp³-hybridized carbons (Fsp3) is 0.500. The molecule has 0 bridgehead atoms. The average Bonchev–Trinajstić information content (AvgIpc) is 2.84. The van der Waals surface area contributed by atoms with Crippen molar-refractivity contribution in [2.45, 2.75) is 52.5 Å². The van der Waals surface area contributed by atoms with Crippen molar-refractivity contribution in [3.8, 4) is 0 Å². The molecule has 0 fully saturated rings. The number of nitrogens with zero attached hydrogens (tertiary/aromatic N) is 1. The molecule has 1 amide bonds. The van der Waals surface area contributed by atoms with Gasteiger partial charge in [0, 0.05) is 6.54 Å². The van der Waals surface area contributed by atoms with Crippen LogP contribution in [0.15, 0.2) is 41.7 Å². The second-order valence-corrected chi connectivity index (χ2v) is 6.51. The Hall–Kier alpha value is -2.10. The topological polar surface area (TPSA) is 57.6 Å². The Balaban J connectivity index is 2.35. The van der Waals surface area contributed by atoms with E-state index in [-0.39, 0.29) is 17.1 Å². The molecule has 1 heterocycles. The molecule has 2 atom stereocenters. The molecule has 24 heavy (non-hydrogen) atoms. The lowest BCUT2D eigenvalue weighted by molar-refractivity contribution is -0.130. The number of amides is 1.